The molecule has 0 atom stereocenters. The Morgan fingerprint density at radius 1 is 0.739 bits per heavy atom. The van der Waals surface area contributed by atoms with Crippen molar-refractivity contribution in [1.82, 2.24) is 0 Å². The van der Waals surface area contributed by atoms with Crippen LogP contribution < -0.4 is 4.74 Å². The molecule has 1 nitrogen and oxygen atoms in total. The van der Waals surface area contributed by atoms with Crippen molar-refractivity contribution in [2.45, 2.75) is 52.4 Å². The second-order valence-corrected chi connectivity index (χ2v) is 7.71. The van der Waals surface area contributed by atoms with Crippen molar-refractivity contribution in [3.63, 3.8) is 0 Å². The predicted molar refractivity (Wildman–Crippen MR) is 96.8 cm³/mol. The standard InChI is InChI=1S/C11H16O.C10H13F/c1-11(2,3)9-7-5-6-8-10(9)12-4;1-10(2,3)8-4-6-9(11)7-5-8/h5-8H,1-4H3;4-7H,1-3H3. The van der Waals surface area contributed by atoms with E-state index in [0.29, 0.717) is 0 Å². The molecule has 0 heterocycles. The molecule has 0 amide bonds. The number of hydrogen-bond donors (Lipinski definition) is 0. The van der Waals surface area contributed by atoms with Gasteiger partial charge >= 0.3 is 0 Å². The highest BCUT2D eigenvalue weighted by molar-refractivity contribution is 5.38. The Morgan fingerprint density at radius 3 is 1.65 bits per heavy atom. The third-order valence-electron chi connectivity index (χ3n) is 3.63. The Labute approximate surface area is 140 Å². The zero-order chi connectivity index (χ0) is 17.7. The summed E-state index contributed by atoms with van der Waals surface area (Å²) in [7, 11) is 1.71. The van der Waals surface area contributed by atoms with Crippen LogP contribution >= 0.6 is 0 Å². The van der Waals surface area contributed by atoms with E-state index in [2.05, 4.69) is 47.6 Å². The first-order chi connectivity index (χ1) is 10.6. The predicted octanol–water partition coefficient (Wildman–Crippen LogP) is 6.12. The van der Waals surface area contributed by atoms with E-state index < -0.39 is 0 Å². The van der Waals surface area contributed by atoms with Gasteiger partial charge in [-0.3, -0.25) is 0 Å². The first-order valence-electron chi connectivity index (χ1n) is 7.95. The summed E-state index contributed by atoms with van der Waals surface area (Å²) in [5, 5.41) is 0. The fourth-order valence-corrected chi connectivity index (χ4v) is 2.21. The lowest BCUT2D eigenvalue weighted by Crippen LogP contribution is -2.12. The summed E-state index contributed by atoms with van der Waals surface area (Å²) in [5.41, 5.74) is 2.70. The molecule has 126 valence electrons. The Balaban J connectivity index is 0.000000231. The van der Waals surface area contributed by atoms with Crippen LogP contribution in [0.2, 0.25) is 0 Å². The number of methoxy groups -OCH3 is 1. The molecule has 0 bridgehead atoms. The molecular weight excluding hydrogens is 287 g/mol. The Hall–Kier alpha value is -1.83. The van der Waals surface area contributed by atoms with E-state index in [4.69, 9.17) is 4.74 Å². The van der Waals surface area contributed by atoms with E-state index in [-0.39, 0.29) is 16.6 Å². The molecule has 2 heteroatoms. The first-order valence-corrected chi connectivity index (χ1v) is 7.95. The molecule has 0 fully saturated rings. The highest BCUT2D eigenvalue weighted by Gasteiger charge is 2.17. The maximum atomic E-state index is 12.5. The SMILES string of the molecule is CC(C)(C)c1ccc(F)cc1.COc1ccccc1C(C)(C)C. The van der Waals surface area contributed by atoms with E-state index in [1.165, 1.54) is 23.3 Å². The van der Waals surface area contributed by atoms with Crippen molar-refractivity contribution in [1.29, 1.82) is 0 Å². The lowest BCUT2D eigenvalue weighted by Gasteiger charge is -2.21. The van der Waals surface area contributed by atoms with Gasteiger partial charge in [-0.1, -0.05) is 71.9 Å². The van der Waals surface area contributed by atoms with Gasteiger partial charge in [0.15, 0.2) is 0 Å². The average Bonchev–Trinajstić information content (AvgIpc) is 2.46. The molecule has 2 aromatic rings. The van der Waals surface area contributed by atoms with Crippen molar-refractivity contribution in [3.8, 4) is 5.75 Å². The smallest absolute Gasteiger partial charge is 0.123 e. The van der Waals surface area contributed by atoms with Crippen LogP contribution in [-0.2, 0) is 10.8 Å². The summed E-state index contributed by atoms with van der Waals surface area (Å²) in [4.78, 5) is 0. The van der Waals surface area contributed by atoms with Gasteiger partial charge in [-0.2, -0.15) is 0 Å². The maximum absolute atomic E-state index is 12.5. The van der Waals surface area contributed by atoms with Crippen LogP contribution in [0.1, 0.15) is 52.7 Å². The molecule has 0 saturated heterocycles. The third-order valence-corrected chi connectivity index (χ3v) is 3.63. The quantitative estimate of drug-likeness (QED) is 0.616. The summed E-state index contributed by atoms with van der Waals surface area (Å²) >= 11 is 0. The van der Waals surface area contributed by atoms with Gasteiger partial charge in [0.05, 0.1) is 7.11 Å². The fourth-order valence-electron chi connectivity index (χ4n) is 2.21. The molecule has 0 radical (unpaired) electrons. The third kappa shape index (κ3) is 6.05. The van der Waals surface area contributed by atoms with Gasteiger partial charge in [-0.15, -0.1) is 0 Å². The second kappa shape index (κ2) is 7.63. The molecule has 0 saturated carbocycles. The molecular formula is C21H29FO. The number of ether oxygens (including phenoxy) is 1. The molecule has 23 heavy (non-hydrogen) atoms. The molecule has 0 aliphatic carbocycles. The number of para-hydroxylation sites is 1. The Bertz CT molecular complexity index is 601. The topological polar surface area (TPSA) is 9.23 Å². The number of hydrogen-bond acceptors (Lipinski definition) is 1. The molecule has 0 spiro atoms. The van der Waals surface area contributed by atoms with Gasteiger partial charge in [-0.25, -0.2) is 4.39 Å². The van der Waals surface area contributed by atoms with Gasteiger partial charge in [-0.05, 0) is 40.2 Å². The molecule has 0 aliphatic heterocycles. The van der Waals surface area contributed by atoms with Crippen LogP contribution in [0.3, 0.4) is 0 Å². The van der Waals surface area contributed by atoms with Crippen LogP contribution in [-0.4, -0.2) is 7.11 Å². The monoisotopic (exact) mass is 316 g/mol. The molecule has 2 aromatic carbocycles. The molecule has 0 N–H and O–H groups in total. The van der Waals surface area contributed by atoms with Crippen molar-refractivity contribution >= 4 is 0 Å². The lowest BCUT2D eigenvalue weighted by molar-refractivity contribution is 0.397. The fraction of sp³-hybridized carbons (Fsp3) is 0.429. The van der Waals surface area contributed by atoms with Crippen LogP contribution in [0.4, 0.5) is 4.39 Å². The van der Waals surface area contributed by atoms with Gasteiger partial charge in [0.2, 0.25) is 0 Å². The minimum absolute atomic E-state index is 0.119. The van der Waals surface area contributed by atoms with Crippen molar-refractivity contribution in [3.05, 3.63) is 65.5 Å². The van der Waals surface area contributed by atoms with Crippen molar-refractivity contribution < 1.29 is 9.13 Å². The average molecular weight is 316 g/mol. The number of rotatable bonds is 1. The minimum atomic E-state index is -0.169. The lowest BCUT2D eigenvalue weighted by atomic mass is 9.86. The minimum Gasteiger partial charge on any atom is -0.496 e. The zero-order valence-electron chi connectivity index (χ0n) is 15.4. The van der Waals surface area contributed by atoms with Crippen LogP contribution in [0.15, 0.2) is 48.5 Å². The van der Waals surface area contributed by atoms with Crippen molar-refractivity contribution in [2.75, 3.05) is 7.11 Å². The summed E-state index contributed by atoms with van der Waals surface area (Å²) in [6.45, 7) is 12.9. The van der Waals surface area contributed by atoms with Crippen LogP contribution in [0, 0.1) is 5.82 Å². The Kier molecular flexibility index (Phi) is 6.37. The van der Waals surface area contributed by atoms with E-state index in [9.17, 15) is 4.39 Å². The summed E-state index contributed by atoms with van der Waals surface area (Å²) < 4.78 is 17.7. The number of halogens is 1. The van der Waals surface area contributed by atoms with Gasteiger partial charge in [0.1, 0.15) is 11.6 Å². The summed E-state index contributed by atoms with van der Waals surface area (Å²) in [6.07, 6.45) is 0. The highest BCUT2D eigenvalue weighted by Crippen LogP contribution is 2.30. The zero-order valence-corrected chi connectivity index (χ0v) is 15.4. The van der Waals surface area contributed by atoms with Gasteiger partial charge < -0.3 is 4.74 Å². The maximum Gasteiger partial charge on any atom is 0.123 e. The molecule has 0 unspecified atom stereocenters. The molecule has 0 aromatic heterocycles. The summed E-state index contributed by atoms with van der Waals surface area (Å²) in [6, 6.07) is 14.8. The van der Waals surface area contributed by atoms with E-state index in [1.54, 1.807) is 7.11 Å². The van der Waals surface area contributed by atoms with Crippen molar-refractivity contribution in [2.24, 2.45) is 0 Å². The second-order valence-electron chi connectivity index (χ2n) is 7.71. The van der Waals surface area contributed by atoms with E-state index in [1.807, 2.05) is 30.3 Å². The first kappa shape index (κ1) is 19.2. The number of benzene rings is 2. The van der Waals surface area contributed by atoms with Crippen LogP contribution in [0.25, 0.3) is 0 Å². The molecule has 0 aliphatic rings. The highest BCUT2D eigenvalue weighted by atomic mass is 19.1. The summed E-state index contributed by atoms with van der Waals surface area (Å²) in [5.74, 6) is 0.808. The molecule has 2 rings (SSSR count). The largest absolute Gasteiger partial charge is 0.496 e. The van der Waals surface area contributed by atoms with Crippen LogP contribution in [0.5, 0.6) is 5.75 Å². The van der Waals surface area contributed by atoms with E-state index >= 15 is 0 Å². The van der Waals surface area contributed by atoms with Gasteiger partial charge in [0, 0.05) is 0 Å². The van der Waals surface area contributed by atoms with Gasteiger partial charge in [0.25, 0.3) is 0 Å². The Morgan fingerprint density at radius 2 is 1.26 bits per heavy atom. The van der Waals surface area contributed by atoms with E-state index in [0.717, 1.165) is 5.75 Å². The normalized spacial score (nSPS) is 11.5.